The summed E-state index contributed by atoms with van der Waals surface area (Å²) < 4.78 is 41.6. The van der Waals surface area contributed by atoms with Gasteiger partial charge >= 0.3 is 0 Å². The smallest absolute Gasteiger partial charge is 0.255 e. The molecule has 0 radical (unpaired) electrons. The fourth-order valence-corrected chi connectivity index (χ4v) is 5.84. The van der Waals surface area contributed by atoms with Crippen LogP contribution in [0.4, 0.5) is 10.1 Å². The average molecular weight is 474 g/mol. The minimum atomic E-state index is -3.78. The van der Waals surface area contributed by atoms with Crippen LogP contribution in [-0.2, 0) is 23.0 Å². The van der Waals surface area contributed by atoms with Crippen LogP contribution in [0.3, 0.4) is 0 Å². The summed E-state index contributed by atoms with van der Waals surface area (Å²) in [4.78, 5) is 25.7. The number of benzene rings is 2. The van der Waals surface area contributed by atoms with Gasteiger partial charge in [0.25, 0.3) is 11.8 Å². The third-order valence-electron chi connectivity index (χ3n) is 5.20. The van der Waals surface area contributed by atoms with Crippen molar-refractivity contribution in [3.05, 3.63) is 81.3 Å². The molecule has 0 spiro atoms. The molecule has 0 aliphatic carbocycles. The number of carbonyl (C=O) groups excluding carboxylic acids is 2. The largest absolute Gasteiger partial charge is 0.355 e. The Kier molecular flexibility index (Phi) is 6.09. The van der Waals surface area contributed by atoms with E-state index in [9.17, 15) is 22.4 Å². The predicted molar refractivity (Wildman–Crippen MR) is 120 cm³/mol. The topological polar surface area (TPSA) is 95.6 Å². The van der Waals surface area contributed by atoms with Gasteiger partial charge in [-0.15, -0.1) is 11.3 Å². The van der Waals surface area contributed by atoms with E-state index in [1.807, 2.05) is 11.4 Å². The van der Waals surface area contributed by atoms with Crippen molar-refractivity contribution in [2.45, 2.75) is 17.9 Å². The number of rotatable bonds is 5. The zero-order valence-corrected chi connectivity index (χ0v) is 18.7. The molecule has 166 valence electrons. The molecule has 0 saturated heterocycles. The lowest BCUT2D eigenvalue weighted by Gasteiger charge is -2.26. The summed E-state index contributed by atoms with van der Waals surface area (Å²) in [6.07, 6.45) is 0.657. The first-order valence-electron chi connectivity index (χ1n) is 9.78. The Hall–Kier alpha value is -3.08. The Balaban J connectivity index is 1.55. The summed E-state index contributed by atoms with van der Waals surface area (Å²) in [6, 6.07) is 11.3. The summed E-state index contributed by atoms with van der Waals surface area (Å²) in [5.41, 5.74) is 1.14. The molecule has 0 fully saturated rings. The number of amides is 2. The first-order chi connectivity index (χ1) is 15.3. The zero-order chi connectivity index (χ0) is 22.9. The van der Waals surface area contributed by atoms with Gasteiger partial charge in [-0.3, -0.25) is 9.59 Å². The predicted octanol–water partition coefficient (Wildman–Crippen LogP) is 3.25. The standard InChI is InChI=1S/C22H20FN3O4S2/c1-24-22(28)18-12-16(5-6-19(18)23)25-21(27)14-3-2-4-17(11-14)32(29,30)26-9-7-20-15(13-26)8-10-31-20/h2-6,8,10-12H,7,9,13H2,1H3,(H,24,28)(H,25,27). The van der Waals surface area contributed by atoms with Gasteiger partial charge in [0.1, 0.15) is 5.82 Å². The third-order valence-corrected chi connectivity index (χ3v) is 8.07. The molecule has 1 aliphatic rings. The quantitative estimate of drug-likeness (QED) is 0.595. The summed E-state index contributed by atoms with van der Waals surface area (Å²) in [5.74, 6) is -1.91. The van der Waals surface area contributed by atoms with Gasteiger partial charge in [-0.05, 0) is 59.8 Å². The van der Waals surface area contributed by atoms with Crippen LogP contribution in [-0.4, -0.2) is 38.1 Å². The van der Waals surface area contributed by atoms with Gasteiger partial charge in [0.15, 0.2) is 0 Å². The lowest BCUT2D eigenvalue weighted by atomic mass is 10.1. The molecule has 7 nitrogen and oxygen atoms in total. The number of sulfonamides is 1. The maximum absolute atomic E-state index is 13.9. The number of hydrogen-bond donors (Lipinski definition) is 2. The Bertz CT molecular complexity index is 1300. The minimum Gasteiger partial charge on any atom is -0.355 e. The number of fused-ring (bicyclic) bond motifs is 1. The van der Waals surface area contributed by atoms with Crippen molar-refractivity contribution in [1.82, 2.24) is 9.62 Å². The highest BCUT2D eigenvalue weighted by Gasteiger charge is 2.29. The fourth-order valence-electron chi connectivity index (χ4n) is 3.49. The van der Waals surface area contributed by atoms with E-state index in [2.05, 4.69) is 10.6 Å². The Morgan fingerprint density at radius 2 is 1.91 bits per heavy atom. The maximum atomic E-state index is 13.9. The molecule has 1 aliphatic heterocycles. The molecule has 2 amide bonds. The molecule has 4 rings (SSSR count). The van der Waals surface area contributed by atoms with Crippen LogP contribution >= 0.6 is 11.3 Å². The van der Waals surface area contributed by atoms with Crippen molar-refractivity contribution in [3.63, 3.8) is 0 Å². The third kappa shape index (κ3) is 4.29. The second-order valence-corrected chi connectivity index (χ2v) is 10.2. The van der Waals surface area contributed by atoms with Crippen molar-refractivity contribution < 1.29 is 22.4 Å². The van der Waals surface area contributed by atoms with Crippen LogP contribution in [0.1, 0.15) is 31.2 Å². The molecule has 0 unspecified atom stereocenters. The minimum absolute atomic E-state index is 0.0222. The van der Waals surface area contributed by atoms with Crippen molar-refractivity contribution in [2.75, 3.05) is 18.9 Å². The number of nitrogens with one attached hydrogen (secondary N) is 2. The normalized spacial score (nSPS) is 13.9. The fraction of sp³-hybridized carbons (Fsp3) is 0.182. The number of halogens is 1. The van der Waals surface area contributed by atoms with Gasteiger partial charge in [-0.25, -0.2) is 12.8 Å². The van der Waals surface area contributed by atoms with Crippen molar-refractivity contribution in [3.8, 4) is 0 Å². The van der Waals surface area contributed by atoms with Crippen LogP contribution in [0.25, 0.3) is 0 Å². The molecule has 2 heterocycles. The maximum Gasteiger partial charge on any atom is 0.255 e. The van der Waals surface area contributed by atoms with E-state index in [1.54, 1.807) is 11.3 Å². The first-order valence-corrected chi connectivity index (χ1v) is 12.1. The van der Waals surface area contributed by atoms with Crippen LogP contribution in [0.15, 0.2) is 58.8 Å². The van der Waals surface area contributed by atoms with Gasteiger partial charge in [0, 0.05) is 36.3 Å². The van der Waals surface area contributed by atoms with E-state index < -0.39 is 27.7 Å². The monoisotopic (exact) mass is 473 g/mol. The average Bonchev–Trinajstić information content (AvgIpc) is 3.28. The molecule has 2 N–H and O–H groups in total. The molecular weight excluding hydrogens is 453 g/mol. The van der Waals surface area contributed by atoms with Crippen molar-refractivity contribution in [2.24, 2.45) is 0 Å². The van der Waals surface area contributed by atoms with Crippen LogP contribution in [0, 0.1) is 5.82 Å². The Morgan fingerprint density at radius 3 is 2.69 bits per heavy atom. The van der Waals surface area contributed by atoms with E-state index in [0.717, 1.165) is 11.6 Å². The number of carbonyl (C=O) groups is 2. The molecule has 2 aromatic carbocycles. The highest BCUT2D eigenvalue weighted by atomic mass is 32.2. The lowest BCUT2D eigenvalue weighted by Crippen LogP contribution is -2.35. The molecule has 0 bridgehead atoms. The molecule has 1 aromatic heterocycles. The van der Waals surface area contributed by atoms with Crippen LogP contribution in [0.5, 0.6) is 0 Å². The van der Waals surface area contributed by atoms with Gasteiger partial charge in [-0.2, -0.15) is 4.31 Å². The highest BCUT2D eigenvalue weighted by molar-refractivity contribution is 7.89. The molecule has 0 saturated carbocycles. The van der Waals surface area contributed by atoms with Gasteiger partial charge in [0.05, 0.1) is 10.5 Å². The number of nitrogens with zero attached hydrogens (tertiary/aromatic N) is 1. The number of anilines is 1. The highest BCUT2D eigenvalue weighted by Crippen LogP contribution is 2.28. The molecule has 0 atom stereocenters. The van der Waals surface area contributed by atoms with E-state index >= 15 is 0 Å². The summed E-state index contributed by atoms with van der Waals surface area (Å²) in [6.45, 7) is 0.680. The van der Waals surface area contributed by atoms with Gasteiger partial charge < -0.3 is 10.6 Å². The number of thiophene rings is 1. The van der Waals surface area contributed by atoms with Gasteiger partial charge in [0.2, 0.25) is 10.0 Å². The molecular formula is C22H20FN3O4S2. The van der Waals surface area contributed by atoms with Crippen LogP contribution in [0.2, 0.25) is 0 Å². The Labute approximate surface area is 188 Å². The van der Waals surface area contributed by atoms with Gasteiger partial charge in [-0.1, -0.05) is 6.07 Å². The second kappa shape index (κ2) is 8.81. The molecule has 3 aromatic rings. The van der Waals surface area contributed by atoms with Crippen molar-refractivity contribution >= 4 is 38.9 Å². The molecule has 10 heteroatoms. The van der Waals surface area contributed by atoms with E-state index in [4.69, 9.17) is 0 Å². The number of hydrogen-bond acceptors (Lipinski definition) is 5. The first kappa shape index (κ1) is 22.1. The lowest BCUT2D eigenvalue weighted by molar-refractivity contribution is 0.0957. The van der Waals surface area contributed by atoms with E-state index in [-0.39, 0.29) is 21.7 Å². The summed E-state index contributed by atoms with van der Waals surface area (Å²) >= 11 is 1.62. The SMILES string of the molecule is CNC(=O)c1cc(NC(=O)c2cccc(S(=O)(=O)N3CCc4sccc4C3)c2)ccc1F. The van der Waals surface area contributed by atoms with Crippen LogP contribution < -0.4 is 10.6 Å². The molecule has 32 heavy (non-hydrogen) atoms. The Morgan fingerprint density at radius 1 is 1.09 bits per heavy atom. The zero-order valence-electron chi connectivity index (χ0n) is 17.1. The second-order valence-electron chi connectivity index (χ2n) is 7.21. The summed E-state index contributed by atoms with van der Waals surface area (Å²) in [5, 5.41) is 6.87. The van der Waals surface area contributed by atoms with E-state index in [0.29, 0.717) is 19.5 Å². The van der Waals surface area contributed by atoms with E-state index in [1.165, 1.54) is 52.6 Å². The summed E-state index contributed by atoms with van der Waals surface area (Å²) in [7, 11) is -2.41. The van der Waals surface area contributed by atoms with Crippen molar-refractivity contribution in [1.29, 1.82) is 0 Å².